The van der Waals surface area contributed by atoms with Gasteiger partial charge >= 0.3 is 0 Å². The van der Waals surface area contributed by atoms with Crippen molar-refractivity contribution in [1.29, 1.82) is 0 Å². The zero-order valence-electron chi connectivity index (χ0n) is 16.0. The minimum absolute atomic E-state index is 0.0135. The van der Waals surface area contributed by atoms with E-state index in [1.807, 2.05) is 53.1 Å². The van der Waals surface area contributed by atoms with Gasteiger partial charge in [0, 0.05) is 28.4 Å². The molecule has 1 fully saturated rings. The Morgan fingerprint density at radius 3 is 2.64 bits per heavy atom. The van der Waals surface area contributed by atoms with E-state index in [-0.39, 0.29) is 18.4 Å². The van der Waals surface area contributed by atoms with Crippen LogP contribution in [-0.4, -0.2) is 36.2 Å². The number of nitrogens with zero attached hydrogens (tertiary/aromatic N) is 1. The van der Waals surface area contributed by atoms with E-state index in [1.54, 1.807) is 6.07 Å². The Kier molecular flexibility index (Phi) is 5.57. The molecule has 1 unspecified atom stereocenters. The van der Waals surface area contributed by atoms with Gasteiger partial charge in [-0.05, 0) is 43.5 Å². The number of nitrogens with one attached hydrogen (secondary N) is 2. The summed E-state index contributed by atoms with van der Waals surface area (Å²) in [7, 11) is 0. The molecule has 4 rings (SSSR count). The van der Waals surface area contributed by atoms with Gasteiger partial charge < -0.3 is 15.5 Å². The summed E-state index contributed by atoms with van der Waals surface area (Å²) in [5.74, 6) is -0.0667. The first-order chi connectivity index (χ1) is 13.6. The van der Waals surface area contributed by atoms with Gasteiger partial charge in [0.05, 0.1) is 17.8 Å². The van der Waals surface area contributed by atoms with Gasteiger partial charge in [0.1, 0.15) is 0 Å². The number of thioether (sulfide) groups is 1. The van der Waals surface area contributed by atoms with Crippen molar-refractivity contribution < 1.29 is 9.59 Å². The van der Waals surface area contributed by atoms with Crippen LogP contribution in [0.2, 0.25) is 0 Å². The van der Waals surface area contributed by atoms with Crippen LogP contribution in [0.15, 0.2) is 53.4 Å². The molecule has 5 nitrogen and oxygen atoms in total. The van der Waals surface area contributed by atoms with Crippen molar-refractivity contribution in [3.8, 4) is 0 Å². The van der Waals surface area contributed by atoms with Crippen LogP contribution in [0.4, 0.5) is 11.4 Å². The number of benzene rings is 2. The number of carbonyl (C=O) groups excluding carboxylic acids is 2. The SMILES string of the molecule is CC1CCN(C(=O)CNc2ccccc2C(=O)NC2CC2)c2ccccc2S1. The standard InChI is InChI=1S/C22H25N3O2S/c1-15-12-13-25(19-8-4-5-9-20(19)28-15)21(26)14-23-18-7-3-2-6-17(18)22(27)24-16-10-11-16/h2-9,15-16,23H,10-14H2,1H3,(H,24,27). The lowest BCUT2D eigenvalue weighted by molar-refractivity contribution is -0.117. The second-order valence-corrected chi connectivity index (χ2v) is 8.86. The summed E-state index contributed by atoms with van der Waals surface area (Å²) >= 11 is 1.82. The molecule has 0 saturated heterocycles. The molecule has 6 heteroatoms. The molecular weight excluding hydrogens is 370 g/mol. The maximum Gasteiger partial charge on any atom is 0.253 e. The number of fused-ring (bicyclic) bond motifs is 1. The molecule has 0 radical (unpaired) electrons. The smallest absolute Gasteiger partial charge is 0.253 e. The van der Waals surface area contributed by atoms with Gasteiger partial charge in [-0.1, -0.05) is 31.2 Å². The van der Waals surface area contributed by atoms with E-state index >= 15 is 0 Å². The molecule has 2 aliphatic rings. The van der Waals surface area contributed by atoms with E-state index < -0.39 is 0 Å². The fraction of sp³-hybridized carbons (Fsp3) is 0.364. The molecular formula is C22H25N3O2S. The van der Waals surface area contributed by atoms with Crippen LogP contribution >= 0.6 is 11.8 Å². The average Bonchev–Trinajstić information content (AvgIpc) is 3.53. The Morgan fingerprint density at radius 1 is 1.07 bits per heavy atom. The Morgan fingerprint density at radius 2 is 1.82 bits per heavy atom. The van der Waals surface area contributed by atoms with E-state index in [0.29, 0.717) is 29.1 Å². The summed E-state index contributed by atoms with van der Waals surface area (Å²) < 4.78 is 0. The highest BCUT2D eigenvalue weighted by Gasteiger charge is 2.26. The van der Waals surface area contributed by atoms with Crippen LogP contribution in [0.3, 0.4) is 0 Å². The van der Waals surface area contributed by atoms with E-state index in [2.05, 4.69) is 23.6 Å². The van der Waals surface area contributed by atoms with Crippen LogP contribution < -0.4 is 15.5 Å². The van der Waals surface area contributed by atoms with Gasteiger partial charge in [0.2, 0.25) is 5.91 Å². The molecule has 1 saturated carbocycles. The Bertz CT molecular complexity index is 882. The normalized spacial score (nSPS) is 18.8. The van der Waals surface area contributed by atoms with Gasteiger partial charge in [0.15, 0.2) is 0 Å². The Hall–Kier alpha value is -2.47. The second kappa shape index (κ2) is 8.27. The summed E-state index contributed by atoms with van der Waals surface area (Å²) in [5.41, 5.74) is 2.26. The molecule has 2 amide bonds. The lowest BCUT2D eigenvalue weighted by atomic mass is 10.1. The van der Waals surface area contributed by atoms with Gasteiger partial charge in [0.25, 0.3) is 5.91 Å². The summed E-state index contributed by atoms with van der Waals surface area (Å²) in [4.78, 5) is 28.5. The minimum Gasteiger partial charge on any atom is -0.375 e. The van der Waals surface area contributed by atoms with Crippen molar-refractivity contribution in [2.75, 3.05) is 23.3 Å². The molecule has 1 heterocycles. The highest BCUT2D eigenvalue weighted by molar-refractivity contribution is 8.00. The van der Waals surface area contributed by atoms with E-state index in [1.165, 1.54) is 0 Å². The van der Waals surface area contributed by atoms with Crippen LogP contribution in [0.5, 0.6) is 0 Å². The van der Waals surface area contributed by atoms with Crippen molar-refractivity contribution in [3.05, 3.63) is 54.1 Å². The van der Waals surface area contributed by atoms with Crippen molar-refractivity contribution in [1.82, 2.24) is 5.32 Å². The van der Waals surface area contributed by atoms with Crippen molar-refractivity contribution in [3.63, 3.8) is 0 Å². The molecule has 2 aromatic rings. The summed E-state index contributed by atoms with van der Waals surface area (Å²) in [5, 5.41) is 6.67. The molecule has 1 atom stereocenters. The quantitative estimate of drug-likeness (QED) is 0.806. The number of hydrogen-bond donors (Lipinski definition) is 2. The third kappa shape index (κ3) is 4.33. The molecule has 146 valence electrons. The van der Waals surface area contributed by atoms with Crippen molar-refractivity contribution in [2.45, 2.75) is 42.4 Å². The van der Waals surface area contributed by atoms with Gasteiger partial charge in [-0.2, -0.15) is 0 Å². The first kappa shape index (κ1) is 18.9. The topological polar surface area (TPSA) is 61.4 Å². The van der Waals surface area contributed by atoms with E-state index in [9.17, 15) is 9.59 Å². The molecule has 2 N–H and O–H groups in total. The van der Waals surface area contributed by atoms with Crippen molar-refractivity contribution in [2.24, 2.45) is 0 Å². The highest BCUT2D eigenvalue weighted by atomic mass is 32.2. The van der Waals surface area contributed by atoms with E-state index in [0.717, 1.165) is 29.8 Å². The lowest BCUT2D eigenvalue weighted by Gasteiger charge is -2.23. The van der Waals surface area contributed by atoms with Gasteiger partial charge in [-0.15, -0.1) is 11.8 Å². The van der Waals surface area contributed by atoms with Crippen LogP contribution in [0.25, 0.3) is 0 Å². The number of hydrogen-bond acceptors (Lipinski definition) is 4. The largest absolute Gasteiger partial charge is 0.375 e. The minimum atomic E-state index is -0.0802. The molecule has 0 aromatic heterocycles. The average molecular weight is 396 g/mol. The highest BCUT2D eigenvalue weighted by Crippen LogP contribution is 2.37. The predicted octanol–water partition coefficient (Wildman–Crippen LogP) is 3.91. The number of para-hydroxylation sites is 2. The first-order valence-corrected chi connectivity index (χ1v) is 10.7. The molecule has 28 heavy (non-hydrogen) atoms. The number of carbonyl (C=O) groups is 2. The van der Waals surface area contributed by atoms with E-state index in [4.69, 9.17) is 0 Å². The van der Waals surface area contributed by atoms with Crippen LogP contribution in [0.1, 0.15) is 36.5 Å². The lowest BCUT2D eigenvalue weighted by Crippen LogP contribution is -2.37. The molecule has 1 aliphatic heterocycles. The molecule has 2 aromatic carbocycles. The summed E-state index contributed by atoms with van der Waals surface area (Å²) in [6, 6.07) is 15.7. The molecule has 1 aliphatic carbocycles. The number of rotatable bonds is 5. The Labute approximate surface area is 169 Å². The molecule has 0 bridgehead atoms. The number of anilines is 2. The first-order valence-electron chi connectivity index (χ1n) is 9.81. The van der Waals surface area contributed by atoms with Crippen LogP contribution in [0, 0.1) is 0 Å². The van der Waals surface area contributed by atoms with Gasteiger partial charge in [-0.3, -0.25) is 9.59 Å². The monoisotopic (exact) mass is 395 g/mol. The number of amides is 2. The van der Waals surface area contributed by atoms with Crippen molar-refractivity contribution >= 4 is 35.0 Å². The fourth-order valence-corrected chi connectivity index (χ4v) is 4.45. The zero-order chi connectivity index (χ0) is 19.5. The van der Waals surface area contributed by atoms with Gasteiger partial charge in [-0.25, -0.2) is 0 Å². The predicted molar refractivity (Wildman–Crippen MR) is 114 cm³/mol. The second-order valence-electron chi connectivity index (χ2n) is 7.38. The molecule has 0 spiro atoms. The fourth-order valence-electron chi connectivity index (χ4n) is 3.34. The maximum atomic E-state index is 13.0. The van der Waals surface area contributed by atoms with Crippen LogP contribution in [-0.2, 0) is 4.79 Å². The zero-order valence-corrected chi connectivity index (χ0v) is 16.8. The third-order valence-electron chi connectivity index (χ3n) is 5.06. The summed E-state index contributed by atoms with van der Waals surface area (Å²) in [6.45, 7) is 3.05. The third-order valence-corrected chi connectivity index (χ3v) is 6.30. The Balaban J connectivity index is 1.47. The maximum absolute atomic E-state index is 13.0. The summed E-state index contributed by atoms with van der Waals surface area (Å²) in [6.07, 6.45) is 3.04.